The number of sulfonamides is 2. The molecular weight excluding hydrogens is 606 g/mol. The van der Waals surface area contributed by atoms with Crippen LogP contribution in [0.15, 0.2) is 0 Å². The number of hydrogen-bond donors (Lipinski definition) is 3. The molecule has 0 radical (unpaired) electrons. The Hall–Kier alpha value is -1.36. The molecule has 0 atom stereocenters. The van der Waals surface area contributed by atoms with Crippen LogP contribution in [0.2, 0.25) is 0 Å². The first kappa shape index (κ1) is 61.6. The topological polar surface area (TPSA) is 151 Å². The largest absolute Gasteiger partial charge is 0.359 e. The van der Waals surface area contributed by atoms with Crippen molar-refractivity contribution in [2.75, 3.05) is 108 Å². The first-order valence-electron chi connectivity index (χ1n) is 14.7. The summed E-state index contributed by atoms with van der Waals surface area (Å²) >= 11 is 0. The Labute approximate surface area is 276 Å². The predicted molar refractivity (Wildman–Crippen MR) is 194 cm³/mol. The van der Waals surface area contributed by atoms with Crippen molar-refractivity contribution < 1.29 is 26.4 Å². The maximum atomic E-state index is 10.5. The van der Waals surface area contributed by atoms with Crippen molar-refractivity contribution >= 4 is 31.9 Å². The molecule has 0 aromatic carbocycles. The molecular formula is C29H77N7O6S2. The average molecular weight is 684 g/mol. The second-order valence-electron chi connectivity index (χ2n) is 9.39. The van der Waals surface area contributed by atoms with Crippen molar-refractivity contribution in [3.63, 3.8) is 0 Å². The number of carbonyl (C=O) groups excluding carboxylic acids is 2. The Morgan fingerprint density at radius 1 is 0.682 bits per heavy atom. The van der Waals surface area contributed by atoms with Crippen LogP contribution in [-0.4, -0.2) is 156 Å². The number of amides is 2. The molecule has 13 nitrogen and oxygen atoms in total. The summed E-state index contributed by atoms with van der Waals surface area (Å²) in [6.45, 7) is 21.4. The number of nitrogens with zero attached hydrogens (tertiary/aromatic N) is 4. The summed E-state index contributed by atoms with van der Waals surface area (Å²) in [7, 11) is 8.68. The van der Waals surface area contributed by atoms with E-state index in [1.807, 2.05) is 14.0 Å². The second-order valence-corrected chi connectivity index (χ2v) is 13.4. The number of rotatable bonds is 10. The van der Waals surface area contributed by atoms with Crippen molar-refractivity contribution in [1.29, 1.82) is 0 Å². The Balaban J connectivity index is -0.0000000575. The summed E-state index contributed by atoms with van der Waals surface area (Å²) in [6.07, 6.45) is 4.80. The standard InChI is InChI=1S/C6H15N.C5H11NO.C4H11NO2S.2C4H11N.C3H7NO.C2H7NO2S.CH4/c1-4-6-7(3)5-2;1-4-6(3)5(2)7;1-4-5(2)8(3,6)7;1-4-5(2)3;1-3-4-5-2;1-3(5)4-2;1-3-6(2,4)5;/h4-6H2,1-3H3;4H2,1-3H3;4H2,1-3H3;4H2,1-3H3;5H,3-4H2,1-2H3;1-2H3,(H,4,5);3H,1-2H3;1H4. The number of carbonyl (C=O) groups is 2. The zero-order chi connectivity index (χ0) is 36.2. The first-order chi connectivity index (χ1) is 19.5. The highest BCUT2D eigenvalue weighted by Gasteiger charge is 2.05. The van der Waals surface area contributed by atoms with Crippen LogP contribution < -0.4 is 15.4 Å². The molecule has 0 unspecified atom stereocenters. The van der Waals surface area contributed by atoms with Crippen molar-refractivity contribution in [2.24, 2.45) is 0 Å². The summed E-state index contributed by atoms with van der Waals surface area (Å²) in [4.78, 5) is 26.1. The van der Waals surface area contributed by atoms with Crippen LogP contribution in [0.3, 0.4) is 0 Å². The zero-order valence-corrected chi connectivity index (χ0v) is 32.8. The quantitative estimate of drug-likeness (QED) is 0.316. The molecule has 0 aliphatic carbocycles. The SMILES string of the molecule is C.CCCN(C)CC.CCCNC.CCN(C)C.CCN(C)C(C)=O.CCN(C)S(C)(=O)=O.CNC(C)=O.CNS(C)(=O)=O. The van der Waals surface area contributed by atoms with Gasteiger partial charge in [-0.15, -0.1) is 0 Å². The van der Waals surface area contributed by atoms with E-state index in [1.54, 1.807) is 39.9 Å². The molecule has 0 bridgehead atoms. The van der Waals surface area contributed by atoms with Crippen LogP contribution >= 0.6 is 0 Å². The molecule has 0 saturated heterocycles. The Bertz CT molecular complexity index is 781. The molecule has 0 saturated carbocycles. The molecule has 0 spiro atoms. The van der Waals surface area contributed by atoms with Gasteiger partial charge < -0.3 is 25.3 Å². The highest BCUT2D eigenvalue weighted by Crippen LogP contribution is 1.88. The minimum Gasteiger partial charge on any atom is -0.359 e. The lowest BCUT2D eigenvalue weighted by Crippen LogP contribution is -2.24. The highest BCUT2D eigenvalue weighted by atomic mass is 32.2. The van der Waals surface area contributed by atoms with Crippen LogP contribution in [-0.2, 0) is 29.6 Å². The van der Waals surface area contributed by atoms with Gasteiger partial charge in [0.15, 0.2) is 0 Å². The summed E-state index contributed by atoms with van der Waals surface area (Å²) in [5.74, 6) is 0.132. The molecule has 0 aliphatic rings. The van der Waals surface area contributed by atoms with Gasteiger partial charge in [0.05, 0.1) is 12.5 Å². The Kier molecular flexibility index (Phi) is 61.3. The van der Waals surface area contributed by atoms with Gasteiger partial charge in [0.1, 0.15) is 0 Å². The maximum absolute atomic E-state index is 10.5. The van der Waals surface area contributed by atoms with Gasteiger partial charge in [0.25, 0.3) is 0 Å². The van der Waals surface area contributed by atoms with Gasteiger partial charge in [-0.2, -0.15) is 0 Å². The van der Waals surface area contributed by atoms with Crippen molar-refractivity contribution in [1.82, 2.24) is 34.4 Å². The van der Waals surface area contributed by atoms with E-state index in [0.717, 1.165) is 25.9 Å². The van der Waals surface area contributed by atoms with Gasteiger partial charge in [-0.05, 0) is 81.2 Å². The van der Waals surface area contributed by atoms with Crippen molar-refractivity contribution in [3.05, 3.63) is 0 Å². The summed E-state index contributed by atoms with van der Waals surface area (Å²) in [5.41, 5.74) is 0. The van der Waals surface area contributed by atoms with Crippen LogP contribution in [0.5, 0.6) is 0 Å². The van der Waals surface area contributed by atoms with Gasteiger partial charge in [-0.3, -0.25) is 9.59 Å². The molecule has 0 aliphatic heterocycles. The van der Waals surface area contributed by atoms with E-state index >= 15 is 0 Å². The normalized spacial score (nSPS) is 9.66. The molecule has 0 aromatic heterocycles. The number of hydrogen-bond acceptors (Lipinski definition) is 9. The minimum atomic E-state index is -2.92. The minimum absolute atomic E-state index is 0. The van der Waals surface area contributed by atoms with Crippen molar-refractivity contribution in [2.45, 2.75) is 75.7 Å². The van der Waals surface area contributed by atoms with Crippen LogP contribution in [0, 0.1) is 0 Å². The lowest BCUT2D eigenvalue weighted by atomic mass is 10.4. The van der Waals surface area contributed by atoms with E-state index in [1.165, 1.54) is 50.5 Å². The van der Waals surface area contributed by atoms with Crippen molar-refractivity contribution in [3.8, 4) is 0 Å². The fraction of sp³-hybridized carbons (Fsp3) is 0.931. The molecule has 276 valence electrons. The zero-order valence-electron chi connectivity index (χ0n) is 31.2. The van der Waals surface area contributed by atoms with E-state index in [9.17, 15) is 26.4 Å². The van der Waals surface area contributed by atoms with Gasteiger partial charge in [-0.25, -0.2) is 25.9 Å². The Morgan fingerprint density at radius 2 is 1.05 bits per heavy atom. The van der Waals surface area contributed by atoms with Gasteiger partial charge >= 0.3 is 0 Å². The highest BCUT2D eigenvalue weighted by molar-refractivity contribution is 7.88. The molecule has 0 fully saturated rings. The smallest absolute Gasteiger partial charge is 0.219 e. The fourth-order valence-corrected chi connectivity index (χ4v) is 1.72. The Morgan fingerprint density at radius 3 is 1.07 bits per heavy atom. The lowest BCUT2D eigenvalue weighted by Gasteiger charge is -2.10. The van der Waals surface area contributed by atoms with E-state index < -0.39 is 20.0 Å². The first-order valence-corrected chi connectivity index (χ1v) is 18.4. The molecule has 3 N–H and O–H groups in total. The van der Waals surface area contributed by atoms with Crippen LogP contribution in [0.4, 0.5) is 0 Å². The van der Waals surface area contributed by atoms with E-state index in [-0.39, 0.29) is 19.2 Å². The van der Waals surface area contributed by atoms with E-state index in [2.05, 4.69) is 74.0 Å². The predicted octanol–water partition coefficient (Wildman–Crippen LogP) is 2.47. The second kappa shape index (κ2) is 43.8. The fourth-order valence-electron chi connectivity index (χ4n) is 1.25. The maximum Gasteiger partial charge on any atom is 0.219 e. The average Bonchev–Trinajstić information content (AvgIpc) is 2.93. The molecule has 0 heterocycles. The third-order valence-electron chi connectivity index (χ3n) is 5.02. The van der Waals surface area contributed by atoms with E-state index in [4.69, 9.17) is 0 Å². The van der Waals surface area contributed by atoms with E-state index in [0.29, 0.717) is 6.54 Å². The summed E-state index contributed by atoms with van der Waals surface area (Å²) < 4.78 is 44.1. The summed E-state index contributed by atoms with van der Waals surface area (Å²) in [5, 5.41) is 5.41. The molecule has 44 heavy (non-hydrogen) atoms. The van der Waals surface area contributed by atoms with Crippen LogP contribution in [0.1, 0.15) is 75.7 Å². The van der Waals surface area contributed by atoms with Crippen LogP contribution in [0.25, 0.3) is 0 Å². The molecule has 0 aromatic rings. The lowest BCUT2D eigenvalue weighted by molar-refractivity contribution is -0.127. The molecule has 0 rings (SSSR count). The van der Waals surface area contributed by atoms with Gasteiger partial charge in [0.2, 0.25) is 31.9 Å². The van der Waals surface area contributed by atoms with Gasteiger partial charge in [0, 0.05) is 48.1 Å². The monoisotopic (exact) mass is 684 g/mol. The third kappa shape index (κ3) is 90.0. The third-order valence-corrected chi connectivity index (χ3v) is 7.16. The number of nitrogens with one attached hydrogen (secondary N) is 3. The summed E-state index contributed by atoms with van der Waals surface area (Å²) in [6, 6.07) is 0. The molecule has 15 heteroatoms. The molecule has 2 amide bonds. The van der Waals surface area contributed by atoms with Gasteiger partial charge in [-0.1, -0.05) is 42.0 Å².